The van der Waals surface area contributed by atoms with Gasteiger partial charge >= 0.3 is 11.7 Å². The van der Waals surface area contributed by atoms with Gasteiger partial charge in [-0.05, 0) is 37.1 Å². The molecule has 0 aliphatic carbocycles. The highest BCUT2D eigenvalue weighted by Gasteiger charge is 2.24. The number of fused-ring (bicyclic) bond motifs is 1. The van der Waals surface area contributed by atoms with Crippen molar-refractivity contribution in [1.29, 1.82) is 0 Å². The van der Waals surface area contributed by atoms with Gasteiger partial charge in [-0.25, -0.2) is 14.2 Å². The maximum atomic E-state index is 12.7. The molecule has 174 valence electrons. The first-order chi connectivity index (χ1) is 16.3. The first kappa shape index (κ1) is 22.8. The Morgan fingerprint density at radius 1 is 1.15 bits per heavy atom. The fourth-order valence-corrected chi connectivity index (χ4v) is 4.01. The number of ether oxygens (including phenoxy) is 1. The predicted octanol–water partition coefficient (Wildman–Crippen LogP) is 2.61. The van der Waals surface area contributed by atoms with Crippen LogP contribution in [0.15, 0.2) is 69.3 Å². The minimum absolute atomic E-state index is 0.0938. The van der Waals surface area contributed by atoms with Crippen LogP contribution in [0.1, 0.15) is 23.6 Å². The number of benzene rings is 2. The van der Waals surface area contributed by atoms with Crippen LogP contribution < -0.4 is 11.2 Å². The molecular weight excluding hydrogens is 436 g/mol. The van der Waals surface area contributed by atoms with Gasteiger partial charge < -0.3 is 14.8 Å². The van der Waals surface area contributed by atoms with E-state index in [1.807, 2.05) is 24.3 Å². The predicted molar refractivity (Wildman–Crippen MR) is 129 cm³/mol. The molecule has 4 aromatic rings. The molecule has 0 amide bonds. The van der Waals surface area contributed by atoms with Gasteiger partial charge in [-0.3, -0.25) is 14.8 Å². The van der Waals surface area contributed by atoms with Crippen molar-refractivity contribution in [2.45, 2.75) is 26.3 Å². The van der Waals surface area contributed by atoms with Crippen LogP contribution in [0, 0.1) is 6.92 Å². The number of carbonyl (C=O) groups excluding carboxylic acids is 1. The summed E-state index contributed by atoms with van der Waals surface area (Å²) in [4.78, 5) is 47.6. The zero-order chi connectivity index (χ0) is 24.4. The van der Waals surface area contributed by atoms with E-state index in [4.69, 9.17) is 4.74 Å². The van der Waals surface area contributed by atoms with Crippen LogP contribution in [0.3, 0.4) is 0 Å². The van der Waals surface area contributed by atoms with E-state index in [9.17, 15) is 19.5 Å². The van der Waals surface area contributed by atoms with Crippen LogP contribution in [0.5, 0.6) is 5.88 Å². The second-order valence-electron chi connectivity index (χ2n) is 7.90. The lowest BCUT2D eigenvalue weighted by molar-refractivity contribution is -0.142. The van der Waals surface area contributed by atoms with Crippen LogP contribution in [0.4, 0.5) is 0 Å². The average Bonchev–Trinajstić information content (AvgIpc) is 3.22. The number of hydrogen-bond acceptors (Lipinski definition) is 6. The molecule has 0 aliphatic heterocycles. The van der Waals surface area contributed by atoms with E-state index < -0.39 is 29.1 Å². The van der Waals surface area contributed by atoms with Crippen molar-refractivity contribution < 1.29 is 14.6 Å². The van der Waals surface area contributed by atoms with Crippen LogP contribution in [0.25, 0.3) is 16.6 Å². The van der Waals surface area contributed by atoms with Crippen molar-refractivity contribution in [1.82, 2.24) is 14.5 Å². The van der Waals surface area contributed by atoms with Gasteiger partial charge in [0.25, 0.3) is 5.56 Å². The number of H-pyrrole nitrogens is 2. The number of aromatic nitrogens is 3. The molecule has 1 atom stereocenters. The van der Waals surface area contributed by atoms with Crippen molar-refractivity contribution in [3.8, 4) is 11.6 Å². The summed E-state index contributed by atoms with van der Waals surface area (Å²) in [6.45, 7) is 3.28. The third-order valence-electron chi connectivity index (χ3n) is 5.72. The number of aliphatic imine (C=N–C) groups is 1. The molecule has 4 rings (SSSR count). The molecule has 9 nitrogen and oxygen atoms in total. The molecule has 0 spiro atoms. The highest BCUT2D eigenvalue weighted by molar-refractivity contribution is 6.01. The number of nitrogens with one attached hydrogen (secondary N) is 2. The third-order valence-corrected chi connectivity index (χ3v) is 5.72. The zero-order valence-electron chi connectivity index (χ0n) is 19.0. The highest BCUT2D eigenvalue weighted by atomic mass is 16.5. The first-order valence-corrected chi connectivity index (χ1v) is 10.6. The van der Waals surface area contributed by atoms with Crippen molar-refractivity contribution in [2.24, 2.45) is 4.99 Å². The molecule has 0 aliphatic rings. The monoisotopic (exact) mass is 460 g/mol. The summed E-state index contributed by atoms with van der Waals surface area (Å²) in [5.41, 5.74) is 1.22. The van der Waals surface area contributed by atoms with Gasteiger partial charge in [-0.1, -0.05) is 36.4 Å². The number of esters is 1. The Kier molecular flexibility index (Phi) is 6.18. The number of aromatic amines is 2. The van der Waals surface area contributed by atoms with Crippen molar-refractivity contribution in [3.05, 3.63) is 92.3 Å². The van der Waals surface area contributed by atoms with Gasteiger partial charge in [-0.15, -0.1) is 0 Å². The lowest BCUT2D eigenvalue weighted by atomic mass is 10.0. The SMILES string of the molecule is COC(=O)C(Cc1c[nH]c2ccccc12)N=C(C)c1c(O)n(-c2ccccc2C)c(=O)[nH]c1=O. The van der Waals surface area contributed by atoms with Gasteiger partial charge in [-0.2, -0.15) is 0 Å². The fraction of sp³-hybridized carbons (Fsp3) is 0.200. The second kappa shape index (κ2) is 9.22. The normalized spacial score (nSPS) is 12.6. The Morgan fingerprint density at radius 2 is 1.85 bits per heavy atom. The minimum atomic E-state index is -0.971. The number of rotatable bonds is 6. The first-order valence-electron chi connectivity index (χ1n) is 10.6. The second-order valence-corrected chi connectivity index (χ2v) is 7.90. The molecule has 1 unspecified atom stereocenters. The molecule has 0 radical (unpaired) electrons. The topological polar surface area (TPSA) is 130 Å². The smallest absolute Gasteiger partial charge is 0.335 e. The van der Waals surface area contributed by atoms with Crippen LogP contribution in [0.2, 0.25) is 0 Å². The molecule has 0 saturated carbocycles. The molecule has 2 heterocycles. The number of para-hydroxylation sites is 2. The molecule has 3 N–H and O–H groups in total. The number of carbonyl (C=O) groups is 1. The Bertz CT molecular complexity index is 1530. The summed E-state index contributed by atoms with van der Waals surface area (Å²) < 4.78 is 5.95. The zero-order valence-corrected chi connectivity index (χ0v) is 19.0. The van der Waals surface area contributed by atoms with E-state index in [-0.39, 0.29) is 17.7 Å². The largest absolute Gasteiger partial charge is 0.493 e. The molecule has 0 fully saturated rings. The molecule has 0 saturated heterocycles. The molecule has 2 aromatic carbocycles. The molecule has 34 heavy (non-hydrogen) atoms. The van der Waals surface area contributed by atoms with Gasteiger partial charge in [0.2, 0.25) is 5.88 Å². The highest BCUT2D eigenvalue weighted by Crippen LogP contribution is 2.22. The van der Waals surface area contributed by atoms with E-state index in [0.29, 0.717) is 5.69 Å². The van der Waals surface area contributed by atoms with Gasteiger partial charge in [0.05, 0.1) is 18.5 Å². The molecule has 0 bridgehead atoms. The summed E-state index contributed by atoms with van der Waals surface area (Å²) >= 11 is 0. The minimum Gasteiger partial charge on any atom is -0.493 e. The van der Waals surface area contributed by atoms with Crippen LogP contribution in [-0.4, -0.2) is 44.5 Å². The quantitative estimate of drug-likeness (QED) is 0.301. The Balaban J connectivity index is 1.81. The average molecular weight is 460 g/mol. The Hall–Kier alpha value is -4.40. The lowest BCUT2D eigenvalue weighted by Gasteiger charge is -2.15. The van der Waals surface area contributed by atoms with E-state index in [1.165, 1.54) is 14.0 Å². The van der Waals surface area contributed by atoms with Crippen molar-refractivity contribution in [2.75, 3.05) is 7.11 Å². The number of aromatic hydroxyl groups is 1. The Morgan fingerprint density at radius 3 is 2.59 bits per heavy atom. The number of hydrogen-bond donors (Lipinski definition) is 3. The maximum absolute atomic E-state index is 12.7. The standard InChI is InChI=1S/C25H24N4O5/c1-14-8-4-7-11-20(14)29-23(31)21(22(30)28-25(29)33)15(2)27-19(24(32)34-3)12-16-13-26-18-10-6-5-9-17(16)18/h4-11,13,19,26,31H,12H2,1-3H3,(H,28,30,33). The van der Waals surface area contributed by atoms with E-state index in [2.05, 4.69) is 15.0 Å². The summed E-state index contributed by atoms with van der Waals surface area (Å²) in [7, 11) is 1.26. The van der Waals surface area contributed by atoms with Crippen LogP contribution in [-0.2, 0) is 16.0 Å². The third kappa shape index (κ3) is 4.15. The van der Waals surface area contributed by atoms with E-state index >= 15 is 0 Å². The molecular formula is C25H24N4O5. The van der Waals surface area contributed by atoms with Crippen LogP contribution >= 0.6 is 0 Å². The number of methoxy groups -OCH3 is 1. The Labute approximate surface area is 194 Å². The van der Waals surface area contributed by atoms with Gasteiger partial charge in [0.15, 0.2) is 6.04 Å². The number of aryl methyl sites for hydroxylation is 1. The molecule has 9 heteroatoms. The summed E-state index contributed by atoms with van der Waals surface area (Å²) in [5, 5.41) is 11.9. The van der Waals surface area contributed by atoms with Gasteiger partial charge in [0, 0.05) is 23.5 Å². The summed E-state index contributed by atoms with van der Waals surface area (Å²) in [6.07, 6.45) is 2.01. The summed E-state index contributed by atoms with van der Waals surface area (Å²) in [5.74, 6) is -1.15. The summed E-state index contributed by atoms with van der Waals surface area (Å²) in [6, 6.07) is 13.6. The van der Waals surface area contributed by atoms with Crippen molar-refractivity contribution in [3.63, 3.8) is 0 Å². The maximum Gasteiger partial charge on any atom is 0.335 e. The van der Waals surface area contributed by atoms with Crippen molar-refractivity contribution >= 4 is 22.6 Å². The van der Waals surface area contributed by atoms with Gasteiger partial charge in [0.1, 0.15) is 5.56 Å². The fourth-order valence-electron chi connectivity index (χ4n) is 4.01. The lowest BCUT2D eigenvalue weighted by Crippen LogP contribution is -2.34. The number of nitrogens with zero attached hydrogens (tertiary/aromatic N) is 2. The van der Waals surface area contributed by atoms with E-state index in [0.717, 1.165) is 26.6 Å². The van der Waals surface area contributed by atoms with E-state index in [1.54, 1.807) is 37.4 Å². The molecule has 2 aromatic heterocycles.